The van der Waals surface area contributed by atoms with E-state index < -0.39 is 0 Å². The van der Waals surface area contributed by atoms with Gasteiger partial charge in [-0.15, -0.1) is 0 Å². The summed E-state index contributed by atoms with van der Waals surface area (Å²) in [5.41, 5.74) is 3.23. The van der Waals surface area contributed by atoms with Crippen molar-refractivity contribution in [2.45, 2.75) is 32.2 Å². The quantitative estimate of drug-likeness (QED) is 0.818. The third-order valence-corrected chi connectivity index (χ3v) is 4.84. The van der Waals surface area contributed by atoms with Crippen LogP contribution in [0.25, 0.3) is 0 Å². The van der Waals surface area contributed by atoms with Crippen molar-refractivity contribution in [1.82, 2.24) is 4.90 Å². The summed E-state index contributed by atoms with van der Waals surface area (Å²) in [5, 5.41) is 0. The number of hydrogen-bond acceptors (Lipinski definition) is 3. The predicted octanol–water partition coefficient (Wildman–Crippen LogP) is 4.24. The van der Waals surface area contributed by atoms with E-state index in [2.05, 4.69) is 24.3 Å². The molecule has 4 nitrogen and oxygen atoms in total. The Labute approximate surface area is 149 Å². The van der Waals surface area contributed by atoms with Gasteiger partial charge < -0.3 is 14.4 Å². The molecule has 0 unspecified atom stereocenters. The van der Waals surface area contributed by atoms with Gasteiger partial charge in [-0.1, -0.05) is 24.3 Å². The van der Waals surface area contributed by atoms with E-state index in [1.54, 1.807) is 25.3 Å². The number of fused-ring (bicyclic) bond motifs is 1. The first-order valence-electron chi connectivity index (χ1n) is 8.81. The second-order valence-electron chi connectivity index (χ2n) is 6.32. The Morgan fingerprint density at radius 1 is 1.20 bits per heavy atom. The Kier molecular flexibility index (Phi) is 5.27. The van der Waals surface area contributed by atoms with Crippen molar-refractivity contribution in [2.24, 2.45) is 0 Å². The highest BCUT2D eigenvalue weighted by Crippen LogP contribution is 2.35. The molecule has 0 saturated carbocycles. The summed E-state index contributed by atoms with van der Waals surface area (Å²) in [5.74, 6) is 1.25. The zero-order valence-corrected chi connectivity index (χ0v) is 15.1. The molecule has 0 fully saturated rings. The van der Waals surface area contributed by atoms with Crippen molar-refractivity contribution in [3.63, 3.8) is 0 Å². The van der Waals surface area contributed by atoms with Crippen LogP contribution in [0.1, 0.15) is 47.3 Å². The maximum Gasteiger partial charge on any atom is 0.254 e. The van der Waals surface area contributed by atoms with Crippen molar-refractivity contribution in [3.8, 4) is 11.5 Å². The maximum absolute atomic E-state index is 13.0. The van der Waals surface area contributed by atoms with Gasteiger partial charge in [-0.05, 0) is 55.5 Å². The summed E-state index contributed by atoms with van der Waals surface area (Å²) in [7, 11) is 3.48. The van der Waals surface area contributed by atoms with Gasteiger partial charge in [0.1, 0.15) is 0 Å². The van der Waals surface area contributed by atoms with Crippen LogP contribution < -0.4 is 9.47 Å². The molecule has 0 N–H and O–H groups in total. The number of rotatable bonds is 5. The van der Waals surface area contributed by atoms with Crippen molar-refractivity contribution in [2.75, 3.05) is 20.8 Å². The Morgan fingerprint density at radius 3 is 2.76 bits per heavy atom. The molecule has 1 aliphatic rings. The van der Waals surface area contributed by atoms with Crippen LogP contribution in [0.5, 0.6) is 11.5 Å². The molecule has 2 aromatic rings. The molecule has 0 saturated heterocycles. The summed E-state index contributed by atoms with van der Waals surface area (Å²) in [6.07, 6.45) is 3.19. The number of aryl methyl sites for hydroxylation is 1. The van der Waals surface area contributed by atoms with E-state index in [4.69, 9.17) is 9.47 Å². The van der Waals surface area contributed by atoms with Crippen molar-refractivity contribution < 1.29 is 14.3 Å². The molecule has 4 heteroatoms. The summed E-state index contributed by atoms with van der Waals surface area (Å²) in [6.45, 7) is 2.48. The molecule has 0 heterocycles. The second kappa shape index (κ2) is 7.60. The first-order valence-corrected chi connectivity index (χ1v) is 8.81. The monoisotopic (exact) mass is 339 g/mol. The molecule has 1 amide bonds. The molecule has 132 valence electrons. The second-order valence-corrected chi connectivity index (χ2v) is 6.32. The largest absolute Gasteiger partial charge is 0.493 e. The summed E-state index contributed by atoms with van der Waals surface area (Å²) >= 11 is 0. The predicted molar refractivity (Wildman–Crippen MR) is 98.4 cm³/mol. The molecular weight excluding hydrogens is 314 g/mol. The van der Waals surface area contributed by atoms with Gasteiger partial charge in [0, 0.05) is 12.6 Å². The summed E-state index contributed by atoms with van der Waals surface area (Å²) in [6, 6.07) is 13.9. The van der Waals surface area contributed by atoms with E-state index in [0.29, 0.717) is 23.7 Å². The Balaban J connectivity index is 1.86. The molecule has 0 spiro atoms. The van der Waals surface area contributed by atoms with E-state index in [0.717, 1.165) is 19.3 Å². The first kappa shape index (κ1) is 17.3. The van der Waals surface area contributed by atoms with Crippen LogP contribution in [0.15, 0.2) is 42.5 Å². The van der Waals surface area contributed by atoms with Gasteiger partial charge in [0.2, 0.25) is 0 Å². The van der Waals surface area contributed by atoms with Crippen molar-refractivity contribution in [1.29, 1.82) is 0 Å². The minimum Gasteiger partial charge on any atom is -0.493 e. The highest BCUT2D eigenvalue weighted by Gasteiger charge is 2.27. The number of carbonyl (C=O) groups is 1. The molecule has 1 atom stereocenters. The first-order chi connectivity index (χ1) is 12.2. The lowest BCUT2D eigenvalue weighted by Gasteiger charge is -2.33. The minimum absolute atomic E-state index is 0.00283. The lowest BCUT2D eigenvalue weighted by molar-refractivity contribution is 0.0714. The average Bonchev–Trinajstić information content (AvgIpc) is 2.67. The van der Waals surface area contributed by atoms with E-state index in [1.807, 2.05) is 18.9 Å². The molecule has 0 radical (unpaired) electrons. The van der Waals surface area contributed by atoms with Gasteiger partial charge >= 0.3 is 0 Å². The number of hydrogen-bond donors (Lipinski definition) is 0. The van der Waals surface area contributed by atoms with Crippen molar-refractivity contribution >= 4 is 5.91 Å². The number of carbonyl (C=O) groups excluding carboxylic acids is 1. The third-order valence-electron chi connectivity index (χ3n) is 4.84. The number of nitrogens with zero attached hydrogens (tertiary/aromatic N) is 1. The van der Waals surface area contributed by atoms with Gasteiger partial charge in [0.25, 0.3) is 5.91 Å². The molecule has 1 aliphatic carbocycles. The van der Waals surface area contributed by atoms with Crippen LogP contribution in [0.3, 0.4) is 0 Å². The van der Waals surface area contributed by atoms with Crippen LogP contribution in [0.4, 0.5) is 0 Å². The van der Waals surface area contributed by atoms with Gasteiger partial charge in [-0.25, -0.2) is 0 Å². The van der Waals surface area contributed by atoms with E-state index in [-0.39, 0.29) is 11.9 Å². The van der Waals surface area contributed by atoms with Crippen molar-refractivity contribution in [3.05, 3.63) is 59.2 Å². The summed E-state index contributed by atoms with van der Waals surface area (Å²) < 4.78 is 10.9. The topological polar surface area (TPSA) is 38.8 Å². The van der Waals surface area contributed by atoms with E-state index in [9.17, 15) is 4.79 Å². The van der Waals surface area contributed by atoms with E-state index >= 15 is 0 Å². The Hall–Kier alpha value is -2.49. The zero-order chi connectivity index (χ0) is 17.8. The molecule has 3 rings (SSSR count). The number of methoxy groups -OCH3 is 1. The van der Waals surface area contributed by atoms with E-state index in [1.165, 1.54) is 11.1 Å². The Bertz CT molecular complexity index is 757. The molecule has 2 aromatic carbocycles. The fraction of sp³-hybridized carbons (Fsp3) is 0.381. The molecular formula is C21H25NO3. The number of ether oxygens (including phenoxy) is 2. The smallest absolute Gasteiger partial charge is 0.254 e. The zero-order valence-electron chi connectivity index (χ0n) is 15.1. The minimum atomic E-state index is 0.00283. The number of amides is 1. The molecule has 0 bridgehead atoms. The standard InChI is InChI=1S/C21H25NO3/c1-4-25-19-13-12-16(14-20(19)24-3)21(23)22(2)18-11-7-9-15-8-5-6-10-17(15)18/h5-6,8,10,12-14,18H,4,7,9,11H2,1-3H3/t18-/m0/s1. The van der Waals surface area contributed by atoms with Crippen LogP contribution >= 0.6 is 0 Å². The lowest BCUT2D eigenvalue weighted by atomic mass is 9.87. The van der Waals surface area contributed by atoms with Crippen LogP contribution in [-0.2, 0) is 6.42 Å². The Morgan fingerprint density at radius 2 is 2.00 bits per heavy atom. The summed E-state index contributed by atoms with van der Waals surface area (Å²) in [4.78, 5) is 14.9. The highest BCUT2D eigenvalue weighted by molar-refractivity contribution is 5.95. The normalized spacial score (nSPS) is 16.0. The van der Waals surface area contributed by atoms with Gasteiger partial charge in [-0.2, -0.15) is 0 Å². The average molecular weight is 339 g/mol. The molecule has 25 heavy (non-hydrogen) atoms. The number of benzene rings is 2. The van der Waals surface area contributed by atoms with Crippen LogP contribution in [0.2, 0.25) is 0 Å². The maximum atomic E-state index is 13.0. The van der Waals surface area contributed by atoms with Crippen LogP contribution in [0, 0.1) is 0 Å². The molecule has 0 aliphatic heterocycles. The fourth-order valence-electron chi connectivity index (χ4n) is 3.55. The SMILES string of the molecule is CCOc1ccc(C(=O)N(C)[C@H]2CCCc3ccccc32)cc1OC. The van der Waals surface area contributed by atoms with Gasteiger partial charge in [-0.3, -0.25) is 4.79 Å². The van der Waals surface area contributed by atoms with Gasteiger partial charge in [0.15, 0.2) is 11.5 Å². The van der Waals surface area contributed by atoms with Gasteiger partial charge in [0.05, 0.1) is 19.8 Å². The third kappa shape index (κ3) is 3.48. The van der Waals surface area contributed by atoms with Crippen LogP contribution in [-0.4, -0.2) is 31.6 Å². The fourth-order valence-corrected chi connectivity index (χ4v) is 3.55. The highest BCUT2D eigenvalue weighted by atomic mass is 16.5. The lowest BCUT2D eigenvalue weighted by Crippen LogP contribution is -2.33. The molecule has 0 aromatic heterocycles.